The summed E-state index contributed by atoms with van der Waals surface area (Å²) in [5.74, 6) is 0.807. The van der Waals surface area contributed by atoms with Gasteiger partial charge in [0.25, 0.3) is 0 Å². The predicted molar refractivity (Wildman–Crippen MR) is 78.4 cm³/mol. The molecule has 1 fully saturated rings. The lowest BCUT2D eigenvalue weighted by molar-refractivity contribution is 0.0398. The number of benzene rings is 1. The normalized spacial score (nSPS) is 17.2. The van der Waals surface area contributed by atoms with Crippen molar-refractivity contribution in [2.24, 2.45) is 5.92 Å². The van der Waals surface area contributed by atoms with Gasteiger partial charge >= 0.3 is 6.03 Å². The maximum absolute atomic E-state index is 11.8. The van der Waals surface area contributed by atoms with Crippen LogP contribution in [0, 0.1) is 5.92 Å². The lowest BCUT2D eigenvalue weighted by atomic mass is 10.0. The van der Waals surface area contributed by atoms with Crippen molar-refractivity contribution in [2.75, 3.05) is 19.0 Å². The van der Waals surface area contributed by atoms with Crippen molar-refractivity contribution in [3.05, 3.63) is 23.2 Å². The number of anilines is 1. The maximum Gasteiger partial charge on any atom is 0.319 e. The summed E-state index contributed by atoms with van der Waals surface area (Å²) >= 11 is 5.89. The number of ether oxygens (including phenoxy) is 1. The van der Waals surface area contributed by atoms with Gasteiger partial charge in [0.05, 0.1) is 18.4 Å². The van der Waals surface area contributed by atoms with Crippen molar-refractivity contribution in [3.8, 4) is 5.75 Å². The third kappa shape index (κ3) is 3.77. The van der Waals surface area contributed by atoms with Crippen molar-refractivity contribution in [3.63, 3.8) is 0 Å². The molecule has 2 amide bonds. The predicted octanol–water partition coefficient (Wildman–Crippen LogP) is 2.63. The van der Waals surface area contributed by atoms with Crippen molar-refractivity contribution < 1.29 is 14.6 Å². The third-order valence-corrected chi connectivity index (χ3v) is 3.71. The second kappa shape index (κ2) is 5.89. The molecule has 1 saturated carbocycles. The number of hydrogen-bond donors (Lipinski definition) is 3. The molecule has 1 aromatic carbocycles. The van der Waals surface area contributed by atoms with Gasteiger partial charge in [-0.15, -0.1) is 0 Å². The zero-order valence-corrected chi connectivity index (χ0v) is 12.3. The summed E-state index contributed by atoms with van der Waals surface area (Å²) in [5.41, 5.74) is -0.362. The van der Waals surface area contributed by atoms with Crippen LogP contribution >= 0.6 is 11.6 Å². The van der Waals surface area contributed by atoms with Crippen molar-refractivity contribution in [1.82, 2.24) is 5.32 Å². The van der Waals surface area contributed by atoms with Crippen LogP contribution in [0.5, 0.6) is 5.75 Å². The lowest BCUT2D eigenvalue weighted by Crippen LogP contribution is -2.43. The minimum atomic E-state index is -0.851. The van der Waals surface area contributed by atoms with Crippen LogP contribution in [0.15, 0.2) is 18.2 Å². The summed E-state index contributed by atoms with van der Waals surface area (Å²) < 4.78 is 5.14. The Morgan fingerprint density at radius 3 is 2.85 bits per heavy atom. The highest BCUT2D eigenvalue weighted by Crippen LogP contribution is 2.39. The molecule has 20 heavy (non-hydrogen) atoms. The Hall–Kier alpha value is -1.46. The van der Waals surface area contributed by atoms with Crippen molar-refractivity contribution in [1.29, 1.82) is 0 Å². The molecule has 110 valence electrons. The molecule has 0 unspecified atom stereocenters. The molecule has 0 aliphatic heterocycles. The summed E-state index contributed by atoms with van der Waals surface area (Å²) in [4.78, 5) is 11.8. The van der Waals surface area contributed by atoms with E-state index in [-0.39, 0.29) is 12.5 Å². The number of methoxy groups -OCH3 is 1. The van der Waals surface area contributed by atoms with E-state index in [1.165, 1.54) is 7.11 Å². The van der Waals surface area contributed by atoms with Gasteiger partial charge < -0.3 is 20.5 Å². The molecule has 5 nitrogen and oxygen atoms in total. The molecule has 0 radical (unpaired) electrons. The third-order valence-electron chi connectivity index (χ3n) is 3.47. The number of carbonyl (C=O) groups excluding carboxylic acids is 1. The van der Waals surface area contributed by atoms with E-state index < -0.39 is 11.6 Å². The molecule has 1 aromatic rings. The Morgan fingerprint density at radius 1 is 1.55 bits per heavy atom. The van der Waals surface area contributed by atoms with Crippen LogP contribution in [0.2, 0.25) is 5.02 Å². The average molecular weight is 299 g/mol. The SMILES string of the molecule is COc1ccc(Cl)cc1NC(=O)NC[C@@](C)(O)C1CC1. The van der Waals surface area contributed by atoms with E-state index in [2.05, 4.69) is 10.6 Å². The number of nitrogens with one attached hydrogen (secondary N) is 2. The van der Waals surface area contributed by atoms with Crippen LogP contribution in [0.3, 0.4) is 0 Å². The highest BCUT2D eigenvalue weighted by Gasteiger charge is 2.39. The van der Waals surface area contributed by atoms with E-state index in [0.29, 0.717) is 16.5 Å². The molecule has 0 spiro atoms. The Kier molecular flexibility index (Phi) is 4.40. The van der Waals surface area contributed by atoms with Gasteiger partial charge in [-0.2, -0.15) is 0 Å². The first-order chi connectivity index (χ1) is 9.42. The number of hydrogen-bond acceptors (Lipinski definition) is 3. The average Bonchev–Trinajstić information content (AvgIpc) is 3.21. The number of amides is 2. The highest BCUT2D eigenvalue weighted by atomic mass is 35.5. The second-order valence-corrected chi connectivity index (χ2v) is 5.72. The lowest BCUT2D eigenvalue weighted by Gasteiger charge is -2.23. The summed E-state index contributed by atoms with van der Waals surface area (Å²) in [6.45, 7) is 1.96. The standard InChI is InChI=1S/C14H19ClN2O3/c1-14(19,9-3-4-9)8-16-13(18)17-11-7-10(15)5-6-12(11)20-2/h5-7,9,19H,3-4,8H2,1-2H3,(H2,16,17,18)/t14-/m1/s1. The van der Waals surface area contributed by atoms with Crippen LogP contribution in [-0.2, 0) is 0 Å². The maximum atomic E-state index is 11.8. The Bertz CT molecular complexity index is 501. The fourth-order valence-corrected chi connectivity index (χ4v) is 2.23. The largest absolute Gasteiger partial charge is 0.495 e. The van der Waals surface area contributed by atoms with Gasteiger partial charge in [0, 0.05) is 11.6 Å². The highest BCUT2D eigenvalue weighted by molar-refractivity contribution is 6.31. The molecule has 3 N–H and O–H groups in total. The van der Waals surface area contributed by atoms with Crippen LogP contribution in [0.25, 0.3) is 0 Å². The number of carbonyl (C=O) groups is 1. The number of rotatable bonds is 5. The molecule has 1 atom stereocenters. The fourth-order valence-electron chi connectivity index (χ4n) is 2.05. The molecule has 1 aliphatic carbocycles. The number of halogens is 1. The molecule has 0 bridgehead atoms. The van der Waals surface area contributed by atoms with E-state index in [9.17, 15) is 9.90 Å². The van der Waals surface area contributed by atoms with E-state index >= 15 is 0 Å². The molecule has 2 rings (SSSR count). The van der Waals surface area contributed by atoms with Crippen molar-refractivity contribution >= 4 is 23.3 Å². The minimum absolute atomic E-state index is 0.215. The monoisotopic (exact) mass is 298 g/mol. The molecule has 6 heteroatoms. The van der Waals surface area contributed by atoms with Crippen LogP contribution in [-0.4, -0.2) is 30.4 Å². The van der Waals surface area contributed by atoms with Gasteiger partial charge in [0.15, 0.2) is 0 Å². The van der Waals surface area contributed by atoms with E-state index in [4.69, 9.17) is 16.3 Å². The molecule has 1 aliphatic rings. The van der Waals surface area contributed by atoms with Crippen LogP contribution in [0.1, 0.15) is 19.8 Å². The van der Waals surface area contributed by atoms with E-state index in [0.717, 1.165) is 12.8 Å². The van der Waals surface area contributed by atoms with E-state index in [1.807, 2.05) is 0 Å². The zero-order chi connectivity index (χ0) is 14.8. The molecule has 0 heterocycles. The summed E-state index contributed by atoms with van der Waals surface area (Å²) in [6, 6.07) is 4.57. The Balaban J connectivity index is 1.92. The molecular formula is C14H19ClN2O3. The van der Waals surface area contributed by atoms with Gasteiger partial charge in [-0.1, -0.05) is 11.6 Å². The van der Waals surface area contributed by atoms with E-state index in [1.54, 1.807) is 25.1 Å². The first-order valence-electron chi connectivity index (χ1n) is 6.53. The minimum Gasteiger partial charge on any atom is -0.495 e. The van der Waals surface area contributed by atoms with Gasteiger partial charge in [-0.25, -0.2) is 4.79 Å². The second-order valence-electron chi connectivity index (χ2n) is 5.28. The van der Waals surface area contributed by atoms with Gasteiger partial charge in [0.1, 0.15) is 5.75 Å². The number of urea groups is 1. The van der Waals surface area contributed by atoms with Crippen molar-refractivity contribution in [2.45, 2.75) is 25.4 Å². The molecular weight excluding hydrogens is 280 g/mol. The topological polar surface area (TPSA) is 70.6 Å². The summed E-state index contributed by atoms with van der Waals surface area (Å²) in [6.07, 6.45) is 2.02. The van der Waals surface area contributed by atoms with Gasteiger partial charge in [-0.3, -0.25) is 0 Å². The first kappa shape index (κ1) is 14.9. The smallest absolute Gasteiger partial charge is 0.319 e. The Morgan fingerprint density at radius 2 is 2.25 bits per heavy atom. The van der Waals surface area contributed by atoms with Crippen LogP contribution < -0.4 is 15.4 Å². The molecule has 0 aromatic heterocycles. The summed E-state index contributed by atoms with van der Waals surface area (Å²) in [5, 5.41) is 16.0. The first-order valence-corrected chi connectivity index (χ1v) is 6.91. The van der Waals surface area contributed by atoms with Gasteiger partial charge in [-0.05, 0) is 43.9 Å². The zero-order valence-electron chi connectivity index (χ0n) is 11.6. The number of aliphatic hydroxyl groups is 1. The Labute approximate surface area is 123 Å². The molecule has 0 saturated heterocycles. The fraction of sp³-hybridized carbons (Fsp3) is 0.500. The summed E-state index contributed by atoms with van der Waals surface area (Å²) in [7, 11) is 1.52. The quantitative estimate of drug-likeness (QED) is 0.782. The van der Waals surface area contributed by atoms with Crippen LogP contribution in [0.4, 0.5) is 10.5 Å². The van der Waals surface area contributed by atoms with Gasteiger partial charge in [0.2, 0.25) is 0 Å².